The molecule has 0 aromatic heterocycles. The minimum Gasteiger partial charge on any atom is -0.497 e. The molecule has 0 fully saturated rings. The summed E-state index contributed by atoms with van der Waals surface area (Å²) in [5.74, 6) is 1.46. The van der Waals surface area contributed by atoms with Gasteiger partial charge in [-0.1, -0.05) is 32.9 Å². The van der Waals surface area contributed by atoms with E-state index in [0.29, 0.717) is 5.92 Å². The van der Waals surface area contributed by atoms with Crippen molar-refractivity contribution in [2.45, 2.75) is 32.6 Å². The number of rotatable bonds is 5. The summed E-state index contributed by atoms with van der Waals surface area (Å²) in [5.41, 5.74) is 7.20. The molecular formula is C14H23NO. The Hall–Kier alpha value is -1.02. The van der Waals surface area contributed by atoms with Crippen LogP contribution in [0.15, 0.2) is 24.3 Å². The quantitative estimate of drug-likeness (QED) is 0.829. The third-order valence-corrected chi connectivity index (χ3v) is 3.13. The summed E-state index contributed by atoms with van der Waals surface area (Å²) in [7, 11) is 1.69. The first-order valence-electron chi connectivity index (χ1n) is 5.84. The first kappa shape index (κ1) is 13.0. The second kappa shape index (κ2) is 5.35. The Kier molecular flexibility index (Phi) is 4.36. The largest absolute Gasteiger partial charge is 0.497 e. The normalized spacial score (nSPS) is 13.6. The zero-order valence-corrected chi connectivity index (χ0v) is 10.8. The average Bonchev–Trinajstić information content (AvgIpc) is 2.28. The van der Waals surface area contributed by atoms with Gasteiger partial charge in [0.25, 0.3) is 0 Å². The van der Waals surface area contributed by atoms with Crippen molar-refractivity contribution in [2.75, 3.05) is 13.7 Å². The van der Waals surface area contributed by atoms with Crippen molar-refractivity contribution in [3.8, 4) is 5.75 Å². The summed E-state index contributed by atoms with van der Waals surface area (Å²) in [6.07, 6.45) is 1.11. The van der Waals surface area contributed by atoms with Crippen LogP contribution in [-0.2, 0) is 5.41 Å². The molecule has 0 bridgehead atoms. The zero-order valence-electron chi connectivity index (χ0n) is 10.8. The van der Waals surface area contributed by atoms with Crippen molar-refractivity contribution in [3.63, 3.8) is 0 Å². The Morgan fingerprint density at radius 2 is 1.81 bits per heavy atom. The van der Waals surface area contributed by atoms with Crippen molar-refractivity contribution in [2.24, 2.45) is 11.7 Å². The fraction of sp³-hybridized carbons (Fsp3) is 0.571. The van der Waals surface area contributed by atoms with Gasteiger partial charge in [0.15, 0.2) is 0 Å². The lowest BCUT2D eigenvalue weighted by Crippen LogP contribution is -2.24. The molecule has 1 unspecified atom stereocenters. The van der Waals surface area contributed by atoms with Crippen LogP contribution in [-0.4, -0.2) is 13.7 Å². The standard InChI is InChI=1S/C14H23NO/c1-11(10-15)9-14(2,3)12-5-7-13(16-4)8-6-12/h5-8,11H,9-10,15H2,1-4H3. The minimum atomic E-state index is 0.172. The molecule has 1 rings (SSSR count). The lowest BCUT2D eigenvalue weighted by molar-refractivity contribution is 0.383. The van der Waals surface area contributed by atoms with Gasteiger partial charge in [-0.2, -0.15) is 0 Å². The molecule has 0 saturated carbocycles. The molecule has 1 aromatic carbocycles. The summed E-state index contributed by atoms with van der Waals surface area (Å²) >= 11 is 0. The minimum absolute atomic E-state index is 0.172. The highest BCUT2D eigenvalue weighted by molar-refractivity contribution is 5.31. The summed E-state index contributed by atoms with van der Waals surface area (Å²) in [5, 5.41) is 0. The number of hydrogen-bond donors (Lipinski definition) is 1. The lowest BCUT2D eigenvalue weighted by atomic mass is 9.77. The molecular weight excluding hydrogens is 198 g/mol. The summed E-state index contributed by atoms with van der Waals surface area (Å²) < 4.78 is 5.16. The van der Waals surface area contributed by atoms with Gasteiger partial charge in [-0.15, -0.1) is 0 Å². The van der Waals surface area contributed by atoms with Crippen LogP contribution in [0, 0.1) is 5.92 Å². The topological polar surface area (TPSA) is 35.2 Å². The molecule has 0 aliphatic heterocycles. The van der Waals surface area contributed by atoms with Crippen LogP contribution < -0.4 is 10.5 Å². The van der Waals surface area contributed by atoms with E-state index in [1.807, 2.05) is 12.1 Å². The summed E-state index contributed by atoms with van der Waals surface area (Å²) in [6.45, 7) is 7.48. The number of hydrogen-bond acceptors (Lipinski definition) is 2. The SMILES string of the molecule is COc1ccc(C(C)(C)CC(C)CN)cc1. The highest BCUT2D eigenvalue weighted by Crippen LogP contribution is 2.31. The van der Waals surface area contributed by atoms with Crippen LogP contribution >= 0.6 is 0 Å². The molecule has 2 heteroatoms. The van der Waals surface area contributed by atoms with Crippen LogP contribution in [0.5, 0.6) is 5.75 Å². The molecule has 2 N–H and O–H groups in total. The molecule has 0 amide bonds. The molecule has 1 atom stereocenters. The van der Waals surface area contributed by atoms with Gasteiger partial charge in [0, 0.05) is 0 Å². The molecule has 0 aliphatic rings. The van der Waals surface area contributed by atoms with Crippen molar-refractivity contribution in [3.05, 3.63) is 29.8 Å². The van der Waals surface area contributed by atoms with E-state index in [9.17, 15) is 0 Å². The van der Waals surface area contributed by atoms with Crippen LogP contribution in [0.4, 0.5) is 0 Å². The second-order valence-electron chi connectivity index (χ2n) is 5.16. The highest BCUT2D eigenvalue weighted by atomic mass is 16.5. The Bertz CT molecular complexity index is 316. The number of nitrogens with two attached hydrogens (primary N) is 1. The predicted molar refractivity (Wildman–Crippen MR) is 68.9 cm³/mol. The molecule has 2 nitrogen and oxygen atoms in total. The average molecular weight is 221 g/mol. The Morgan fingerprint density at radius 1 is 1.25 bits per heavy atom. The van der Waals surface area contributed by atoms with E-state index >= 15 is 0 Å². The lowest BCUT2D eigenvalue weighted by Gasteiger charge is -2.28. The van der Waals surface area contributed by atoms with Gasteiger partial charge < -0.3 is 10.5 Å². The van der Waals surface area contributed by atoms with E-state index in [1.54, 1.807) is 7.11 Å². The van der Waals surface area contributed by atoms with E-state index in [0.717, 1.165) is 18.7 Å². The monoisotopic (exact) mass is 221 g/mol. The second-order valence-corrected chi connectivity index (χ2v) is 5.16. The number of benzene rings is 1. The molecule has 0 radical (unpaired) electrons. The summed E-state index contributed by atoms with van der Waals surface area (Å²) in [6, 6.07) is 8.32. The fourth-order valence-electron chi connectivity index (χ4n) is 2.11. The van der Waals surface area contributed by atoms with Gasteiger partial charge >= 0.3 is 0 Å². The summed E-state index contributed by atoms with van der Waals surface area (Å²) in [4.78, 5) is 0. The number of methoxy groups -OCH3 is 1. The van der Waals surface area contributed by atoms with E-state index < -0.39 is 0 Å². The molecule has 1 aromatic rings. The molecule has 0 spiro atoms. The van der Waals surface area contributed by atoms with E-state index in [2.05, 4.69) is 32.9 Å². The third-order valence-electron chi connectivity index (χ3n) is 3.13. The zero-order chi connectivity index (χ0) is 12.2. The maximum absolute atomic E-state index is 5.68. The van der Waals surface area contributed by atoms with Gasteiger partial charge in [-0.05, 0) is 42.0 Å². The molecule has 16 heavy (non-hydrogen) atoms. The molecule has 0 heterocycles. The first-order chi connectivity index (χ1) is 7.49. The van der Waals surface area contributed by atoms with E-state index in [1.165, 1.54) is 5.56 Å². The van der Waals surface area contributed by atoms with Crippen LogP contribution in [0.1, 0.15) is 32.8 Å². The number of ether oxygens (including phenoxy) is 1. The van der Waals surface area contributed by atoms with Crippen LogP contribution in [0.3, 0.4) is 0 Å². The Morgan fingerprint density at radius 3 is 2.25 bits per heavy atom. The van der Waals surface area contributed by atoms with Gasteiger partial charge in [0.2, 0.25) is 0 Å². The van der Waals surface area contributed by atoms with Gasteiger partial charge in [-0.25, -0.2) is 0 Å². The van der Waals surface area contributed by atoms with Crippen molar-refractivity contribution in [1.29, 1.82) is 0 Å². The van der Waals surface area contributed by atoms with E-state index in [-0.39, 0.29) is 5.41 Å². The predicted octanol–water partition coefficient (Wildman–Crippen LogP) is 2.96. The van der Waals surface area contributed by atoms with Gasteiger partial charge in [-0.3, -0.25) is 0 Å². The highest BCUT2D eigenvalue weighted by Gasteiger charge is 2.22. The van der Waals surface area contributed by atoms with Crippen LogP contribution in [0.25, 0.3) is 0 Å². The molecule has 0 saturated heterocycles. The maximum Gasteiger partial charge on any atom is 0.118 e. The molecule has 90 valence electrons. The van der Waals surface area contributed by atoms with Crippen LogP contribution in [0.2, 0.25) is 0 Å². The maximum atomic E-state index is 5.68. The first-order valence-corrected chi connectivity index (χ1v) is 5.84. The molecule has 0 aliphatic carbocycles. The van der Waals surface area contributed by atoms with Gasteiger partial charge in [0.05, 0.1) is 7.11 Å². The van der Waals surface area contributed by atoms with Crippen molar-refractivity contribution in [1.82, 2.24) is 0 Å². The van der Waals surface area contributed by atoms with E-state index in [4.69, 9.17) is 10.5 Å². The van der Waals surface area contributed by atoms with Gasteiger partial charge in [0.1, 0.15) is 5.75 Å². The Labute approximate surface area is 98.8 Å². The van der Waals surface area contributed by atoms with Crippen molar-refractivity contribution < 1.29 is 4.74 Å². The fourth-order valence-corrected chi connectivity index (χ4v) is 2.11. The third kappa shape index (κ3) is 3.24. The smallest absolute Gasteiger partial charge is 0.118 e. The van der Waals surface area contributed by atoms with Crippen molar-refractivity contribution >= 4 is 0 Å². The Balaban J connectivity index is 2.80.